The van der Waals surface area contributed by atoms with E-state index in [1.165, 1.54) is 6.07 Å². The Bertz CT molecular complexity index is 361. The predicted octanol–water partition coefficient (Wildman–Crippen LogP) is 0.618. The molecule has 84 valence electrons. The van der Waals surface area contributed by atoms with Crippen molar-refractivity contribution >= 4 is 5.82 Å². The van der Waals surface area contributed by atoms with Gasteiger partial charge in [0, 0.05) is 12.1 Å². The number of aromatic amines is 1. The van der Waals surface area contributed by atoms with Gasteiger partial charge in [0.25, 0.3) is 5.56 Å². The zero-order valence-corrected chi connectivity index (χ0v) is 9.21. The molecule has 0 aliphatic rings. The molecule has 0 amide bonds. The summed E-state index contributed by atoms with van der Waals surface area (Å²) in [6.07, 6.45) is 1.94. The van der Waals surface area contributed by atoms with E-state index in [-0.39, 0.29) is 11.6 Å². The average Bonchev–Trinajstić information content (AvgIpc) is 2.13. The van der Waals surface area contributed by atoms with E-state index < -0.39 is 0 Å². The molecule has 0 spiro atoms. The van der Waals surface area contributed by atoms with Crippen LogP contribution in [-0.2, 0) is 0 Å². The first-order chi connectivity index (χ1) is 7.11. The summed E-state index contributed by atoms with van der Waals surface area (Å²) in [4.78, 5) is 17.9. The standard InChI is InChI=1S/C10H18N4O/c1-7(4-3-5-11)12-9-6-10(15)14-8(2)13-9/h6-7H,3-5,11H2,1-2H3,(H2,12,13,14,15). The fraction of sp³-hybridized carbons (Fsp3) is 0.600. The van der Waals surface area contributed by atoms with Crippen LogP contribution in [0.15, 0.2) is 10.9 Å². The molecule has 0 aliphatic carbocycles. The molecular formula is C10H18N4O. The highest BCUT2D eigenvalue weighted by molar-refractivity contribution is 5.33. The third-order valence-corrected chi connectivity index (χ3v) is 2.10. The van der Waals surface area contributed by atoms with Gasteiger partial charge in [0.2, 0.25) is 0 Å². The fourth-order valence-corrected chi connectivity index (χ4v) is 1.40. The number of nitrogens with one attached hydrogen (secondary N) is 2. The van der Waals surface area contributed by atoms with Gasteiger partial charge in [-0.1, -0.05) is 0 Å². The minimum atomic E-state index is -0.129. The van der Waals surface area contributed by atoms with Crippen LogP contribution < -0.4 is 16.6 Å². The van der Waals surface area contributed by atoms with Gasteiger partial charge >= 0.3 is 0 Å². The second kappa shape index (κ2) is 5.50. The normalized spacial score (nSPS) is 12.5. The van der Waals surface area contributed by atoms with E-state index in [4.69, 9.17) is 5.73 Å². The first-order valence-corrected chi connectivity index (χ1v) is 5.16. The Hall–Kier alpha value is -1.36. The lowest BCUT2D eigenvalue weighted by atomic mass is 10.2. The molecule has 0 saturated carbocycles. The first kappa shape index (κ1) is 11.7. The molecule has 5 heteroatoms. The highest BCUT2D eigenvalue weighted by Gasteiger charge is 2.03. The third-order valence-electron chi connectivity index (χ3n) is 2.10. The lowest BCUT2D eigenvalue weighted by Gasteiger charge is -2.13. The van der Waals surface area contributed by atoms with Crippen molar-refractivity contribution in [2.45, 2.75) is 32.7 Å². The molecule has 0 aromatic carbocycles. The second-order valence-corrected chi connectivity index (χ2v) is 3.69. The summed E-state index contributed by atoms with van der Waals surface area (Å²) in [7, 11) is 0. The van der Waals surface area contributed by atoms with Crippen LogP contribution in [0.3, 0.4) is 0 Å². The van der Waals surface area contributed by atoms with Gasteiger partial charge in [-0.05, 0) is 33.2 Å². The van der Waals surface area contributed by atoms with Crippen LogP contribution in [0.4, 0.5) is 5.82 Å². The van der Waals surface area contributed by atoms with Crippen LogP contribution in [0, 0.1) is 6.92 Å². The Morgan fingerprint density at radius 1 is 1.67 bits per heavy atom. The molecule has 4 N–H and O–H groups in total. The van der Waals surface area contributed by atoms with Crippen molar-refractivity contribution in [2.75, 3.05) is 11.9 Å². The molecule has 0 saturated heterocycles. The number of aryl methyl sites for hydroxylation is 1. The highest BCUT2D eigenvalue weighted by atomic mass is 16.1. The Morgan fingerprint density at radius 2 is 2.40 bits per heavy atom. The molecule has 0 aliphatic heterocycles. The molecule has 0 fully saturated rings. The largest absolute Gasteiger partial charge is 0.367 e. The van der Waals surface area contributed by atoms with Gasteiger partial charge in [-0.15, -0.1) is 0 Å². The lowest BCUT2D eigenvalue weighted by molar-refractivity contribution is 0.660. The zero-order chi connectivity index (χ0) is 11.3. The minimum Gasteiger partial charge on any atom is -0.367 e. The Labute approximate surface area is 89.1 Å². The Morgan fingerprint density at radius 3 is 3.00 bits per heavy atom. The van der Waals surface area contributed by atoms with Crippen LogP contribution >= 0.6 is 0 Å². The van der Waals surface area contributed by atoms with Crippen molar-refractivity contribution in [1.82, 2.24) is 9.97 Å². The number of nitrogens with zero attached hydrogens (tertiary/aromatic N) is 1. The van der Waals surface area contributed by atoms with Crippen LogP contribution in [-0.4, -0.2) is 22.6 Å². The SMILES string of the molecule is Cc1nc(NC(C)CCCN)cc(=O)[nH]1. The number of nitrogens with two attached hydrogens (primary N) is 1. The molecule has 0 bridgehead atoms. The molecule has 15 heavy (non-hydrogen) atoms. The van der Waals surface area contributed by atoms with Gasteiger partial charge in [-0.2, -0.15) is 0 Å². The quantitative estimate of drug-likeness (QED) is 0.665. The van der Waals surface area contributed by atoms with E-state index in [9.17, 15) is 4.79 Å². The van der Waals surface area contributed by atoms with Crippen LogP contribution in [0.5, 0.6) is 0 Å². The number of anilines is 1. The number of H-pyrrole nitrogens is 1. The predicted molar refractivity (Wildman–Crippen MR) is 61.0 cm³/mol. The van der Waals surface area contributed by atoms with Gasteiger partial charge in [0.15, 0.2) is 0 Å². The molecule has 1 heterocycles. The van der Waals surface area contributed by atoms with Gasteiger partial charge in [-0.25, -0.2) is 4.98 Å². The summed E-state index contributed by atoms with van der Waals surface area (Å²) in [5.41, 5.74) is 5.29. The van der Waals surface area contributed by atoms with Crippen molar-refractivity contribution in [3.05, 3.63) is 22.2 Å². The number of hydrogen-bond donors (Lipinski definition) is 3. The van der Waals surface area contributed by atoms with E-state index in [1.807, 2.05) is 6.92 Å². The van der Waals surface area contributed by atoms with Crippen molar-refractivity contribution in [1.29, 1.82) is 0 Å². The maximum absolute atomic E-state index is 11.2. The van der Waals surface area contributed by atoms with Crippen molar-refractivity contribution in [2.24, 2.45) is 5.73 Å². The molecule has 1 rings (SSSR count). The summed E-state index contributed by atoms with van der Waals surface area (Å²) in [5.74, 6) is 1.25. The van der Waals surface area contributed by atoms with Gasteiger partial charge < -0.3 is 16.0 Å². The summed E-state index contributed by atoms with van der Waals surface area (Å²) in [6.45, 7) is 4.50. The summed E-state index contributed by atoms with van der Waals surface area (Å²) in [6, 6.07) is 1.74. The smallest absolute Gasteiger partial charge is 0.252 e. The van der Waals surface area contributed by atoms with Crippen LogP contribution in [0.2, 0.25) is 0 Å². The van der Waals surface area contributed by atoms with Crippen LogP contribution in [0.1, 0.15) is 25.6 Å². The zero-order valence-electron chi connectivity index (χ0n) is 9.21. The van der Waals surface area contributed by atoms with E-state index in [0.717, 1.165) is 12.8 Å². The third kappa shape index (κ3) is 4.12. The first-order valence-electron chi connectivity index (χ1n) is 5.16. The number of aromatic nitrogens is 2. The molecule has 1 atom stereocenters. The number of rotatable bonds is 5. The molecule has 1 unspecified atom stereocenters. The van der Waals surface area contributed by atoms with Crippen LogP contribution in [0.25, 0.3) is 0 Å². The Balaban J connectivity index is 2.60. The molecule has 1 aromatic heterocycles. The van der Waals surface area contributed by atoms with Gasteiger partial charge in [0.05, 0.1) is 0 Å². The average molecular weight is 210 g/mol. The second-order valence-electron chi connectivity index (χ2n) is 3.69. The molecule has 0 radical (unpaired) electrons. The van der Waals surface area contributed by atoms with Crippen molar-refractivity contribution in [3.63, 3.8) is 0 Å². The fourth-order valence-electron chi connectivity index (χ4n) is 1.40. The monoisotopic (exact) mass is 210 g/mol. The summed E-state index contributed by atoms with van der Waals surface area (Å²) < 4.78 is 0. The van der Waals surface area contributed by atoms with Gasteiger partial charge in [0.1, 0.15) is 11.6 Å². The Kier molecular flexibility index (Phi) is 4.30. The summed E-state index contributed by atoms with van der Waals surface area (Å²) in [5, 5.41) is 3.17. The maximum atomic E-state index is 11.2. The van der Waals surface area contributed by atoms with E-state index in [1.54, 1.807) is 6.92 Å². The van der Waals surface area contributed by atoms with Gasteiger partial charge in [-0.3, -0.25) is 4.79 Å². The van der Waals surface area contributed by atoms with Crippen molar-refractivity contribution in [3.8, 4) is 0 Å². The van der Waals surface area contributed by atoms with E-state index in [2.05, 4.69) is 15.3 Å². The molecule has 5 nitrogen and oxygen atoms in total. The topological polar surface area (TPSA) is 83.8 Å². The van der Waals surface area contributed by atoms with Crippen molar-refractivity contribution < 1.29 is 0 Å². The van der Waals surface area contributed by atoms with E-state index in [0.29, 0.717) is 18.2 Å². The maximum Gasteiger partial charge on any atom is 0.252 e. The molecular weight excluding hydrogens is 192 g/mol. The molecule has 1 aromatic rings. The van der Waals surface area contributed by atoms with E-state index >= 15 is 0 Å². The lowest BCUT2D eigenvalue weighted by Crippen LogP contribution is -2.20. The number of hydrogen-bond acceptors (Lipinski definition) is 4. The highest BCUT2D eigenvalue weighted by Crippen LogP contribution is 2.04. The summed E-state index contributed by atoms with van der Waals surface area (Å²) >= 11 is 0. The minimum absolute atomic E-state index is 0.129.